The van der Waals surface area contributed by atoms with Gasteiger partial charge in [-0.2, -0.15) is 0 Å². The number of hydrogen-bond acceptors (Lipinski definition) is 5. The summed E-state index contributed by atoms with van der Waals surface area (Å²) in [5.74, 6) is 1.70. The van der Waals surface area contributed by atoms with Crippen molar-refractivity contribution in [3.8, 4) is 5.75 Å². The van der Waals surface area contributed by atoms with Crippen molar-refractivity contribution in [3.63, 3.8) is 0 Å². The third kappa shape index (κ3) is 3.86. The molecule has 0 spiro atoms. The molecule has 0 aliphatic carbocycles. The predicted octanol–water partition coefficient (Wildman–Crippen LogP) is 3.81. The quantitative estimate of drug-likeness (QED) is 0.505. The van der Waals surface area contributed by atoms with Gasteiger partial charge in [-0.1, -0.05) is 18.2 Å². The Morgan fingerprint density at radius 1 is 1.16 bits per heavy atom. The van der Waals surface area contributed by atoms with E-state index >= 15 is 0 Å². The van der Waals surface area contributed by atoms with E-state index in [4.69, 9.17) is 9.72 Å². The minimum absolute atomic E-state index is 0.0753. The number of nitrogens with zero attached hydrogens (tertiary/aromatic N) is 4. The summed E-state index contributed by atoms with van der Waals surface area (Å²) in [6.45, 7) is 4.55. The highest BCUT2D eigenvalue weighted by atomic mass is 16.5. The van der Waals surface area contributed by atoms with E-state index in [9.17, 15) is 4.79 Å². The number of benzene rings is 1. The lowest BCUT2D eigenvalue weighted by Gasteiger charge is -2.33. The van der Waals surface area contributed by atoms with Crippen molar-refractivity contribution in [2.45, 2.75) is 26.3 Å². The molecule has 1 aliphatic heterocycles. The Labute approximate surface area is 187 Å². The first-order chi connectivity index (χ1) is 15.7. The smallest absolute Gasteiger partial charge is 0.225 e. The summed E-state index contributed by atoms with van der Waals surface area (Å²) in [6, 6.07) is 15.9. The van der Waals surface area contributed by atoms with Crippen molar-refractivity contribution in [2.75, 3.05) is 24.6 Å². The molecule has 1 saturated heterocycles. The minimum atomic E-state index is -0.0840. The van der Waals surface area contributed by atoms with Crippen LogP contribution in [-0.2, 0) is 11.3 Å². The number of rotatable bonds is 6. The van der Waals surface area contributed by atoms with Crippen molar-refractivity contribution in [2.24, 2.45) is 5.92 Å². The van der Waals surface area contributed by atoms with Crippen LogP contribution in [0.5, 0.6) is 5.75 Å². The fraction of sp³-hybridized carbons (Fsp3) is 0.320. The van der Waals surface area contributed by atoms with E-state index in [1.807, 2.05) is 55.6 Å². The second-order valence-corrected chi connectivity index (χ2v) is 8.09. The molecule has 5 rings (SSSR count). The molecule has 4 heterocycles. The maximum Gasteiger partial charge on any atom is 0.225 e. The van der Waals surface area contributed by atoms with Crippen molar-refractivity contribution in [1.82, 2.24) is 19.7 Å². The molecule has 1 N–H and O–H groups in total. The molecule has 32 heavy (non-hydrogen) atoms. The number of pyridine rings is 1. The number of aromatic nitrogens is 3. The molecule has 0 saturated carbocycles. The molecule has 7 heteroatoms. The highest BCUT2D eigenvalue weighted by molar-refractivity contribution is 5.84. The molecule has 1 aromatic carbocycles. The van der Waals surface area contributed by atoms with Crippen LogP contribution in [-0.4, -0.2) is 40.0 Å². The third-order valence-corrected chi connectivity index (χ3v) is 6.03. The molecule has 1 atom stereocenters. The molecule has 1 fully saturated rings. The number of anilines is 1. The van der Waals surface area contributed by atoms with E-state index in [1.165, 1.54) is 0 Å². The lowest BCUT2D eigenvalue weighted by Crippen LogP contribution is -2.43. The Kier molecular flexibility index (Phi) is 5.62. The molecule has 4 aromatic rings. The summed E-state index contributed by atoms with van der Waals surface area (Å²) in [4.78, 5) is 24.6. The van der Waals surface area contributed by atoms with Crippen LogP contribution in [0.25, 0.3) is 16.7 Å². The first-order valence-electron chi connectivity index (χ1n) is 11.2. The van der Waals surface area contributed by atoms with Gasteiger partial charge in [0.15, 0.2) is 11.5 Å². The summed E-state index contributed by atoms with van der Waals surface area (Å²) >= 11 is 0. The molecule has 1 aliphatic rings. The third-order valence-electron chi connectivity index (χ3n) is 6.03. The van der Waals surface area contributed by atoms with Gasteiger partial charge in [0.05, 0.1) is 23.6 Å². The fourth-order valence-corrected chi connectivity index (χ4v) is 4.48. The van der Waals surface area contributed by atoms with Crippen LogP contribution in [0.15, 0.2) is 60.9 Å². The summed E-state index contributed by atoms with van der Waals surface area (Å²) in [5, 5.41) is 3.12. The van der Waals surface area contributed by atoms with Gasteiger partial charge >= 0.3 is 0 Å². The highest BCUT2D eigenvalue weighted by Crippen LogP contribution is 2.28. The lowest BCUT2D eigenvalue weighted by molar-refractivity contribution is -0.125. The number of nitrogens with one attached hydrogen (secondary N) is 1. The van der Waals surface area contributed by atoms with Crippen LogP contribution in [0.4, 0.5) is 5.82 Å². The second kappa shape index (κ2) is 8.86. The van der Waals surface area contributed by atoms with Gasteiger partial charge in [-0.3, -0.25) is 4.79 Å². The summed E-state index contributed by atoms with van der Waals surface area (Å²) in [5.41, 5.74) is 3.73. The van der Waals surface area contributed by atoms with Crippen LogP contribution in [0.3, 0.4) is 0 Å². The van der Waals surface area contributed by atoms with Crippen LogP contribution in [0.2, 0.25) is 0 Å². The predicted molar refractivity (Wildman–Crippen MR) is 125 cm³/mol. The number of ether oxygens (including phenoxy) is 1. The van der Waals surface area contributed by atoms with Crippen molar-refractivity contribution >= 4 is 28.4 Å². The van der Waals surface area contributed by atoms with Crippen LogP contribution < -0.4 is 15.0 Å². The van der Waals surface area contributed by atoms with E-state index < -0.39 is 0 Å². The molecule has 7 nitrogen and oxygen atoms in total. The van der Waals surface area contributed by atoms with Crippen molar-refractivity contribution in [3.05, 3.63) is 66.5 Å². The van der Waals surface area contributed by atoms with E-state index in [2.05, 4.69) is 25.7 Å². The van der Waals surface area contributed by atoms with Gasteiger partial charge in [-0.15, -0.1) is 0 Å². The van der Waals surface area contributed by atoms with Crippen LogP contribution in [0.1, 0.15) is 25.3 Å². The lowest BCUT2D eigenvalue weighted by atomic mass is 9.97. The standard InChI is InChI=1S/C25H27N5O2/c1-2-32-22-12-4-3-8-18(22)16-27-25(31)19-9-6-14-29(17-19)24-21-11-7-15-30(21)20-10-5-13-26-23(20)28-24/h3-5,7-8,10-13,15,19H,2,6,9,14,16-17H2,1H3,(H,27,31). The first kappa shape index (κ1) is 20.3. The zero-order chi connectivity index (χ0) is 21.9. The average Bonchev–Trinajstić information content (AvgIpc) is 3.33. The summed E-state index contributed by atoms with van der Waals surface area (Å²) < 4.78 is 7.81. The monoisotopic (exact) mass is 429 g/mol. The summed E-state index contributed by atoms with van der Waals surface area (Å²) in [6.07, 6.45) is 5.62. The van der Waals surface area contributed by atoms with E-state index in [0.29, 0.717) is 25.3 Å². The maximum absolute atomic E-state index is 13.0. The number of amides is 1. The fourth-order valence-electron chi connectivity index (χ4n) is 4.48. The van der Waals surface area contributed by atoms with Crippen molar-refractivity contribution < 1.29 is 9.53 Å². The van der Waals surface area contributed by atoms with Gasteiger partial charge in [0, 0.05) is 37.6 Å². The number of para-hydroxylation sites is 1. The summed E-state index contributed by atoms with van der Waals surface area (Å²) in [7, 11) is 0. The second-order valence-electron chi connectivity index (χ2n) is 8.09. The Hall–Kier alpha value is -3.61. The first-order valence-corrected chi connectivity index (χ1v) is 11.2. The molecular formula is C25H27N5O2. The topological polar surface area (TPSA) is 71.8 Å². The van der Waals surface area contributed by atoms with Crippen LogP contribution in [0, 0.1) is 5.92 Å². The minimum Gasteiger partial charge on any atom is -0.494 e. The molecular weight excluding hydrogens is 402 g/mol. The van der Waals surface area contributed by atoms with Crippen molar-refractivity contribution in [1.29, 1.82) is 0 Å². The van der Waals surface area contributed by atoms with Gasteiger partial charge in [-0.25, -0.2) is 9.97 Å². The molecule has 0 radical (unpaired) electrons. The number of fused-ring (bicyclic) bond motifs is 3. The molecule has 1 unspecified atom stereocenters. The number of hydrogen-bond donors (Lipinski definition) is 1. The van der Waals surface area contributed by atoms with Gasteiger partial charge in [0.2, 0.25) is 5.91 Å². The Bertz CT molecular complexity index is 1250. The zero-order valence-corrected chi connectivity index (χ0v) is 18.2. The molecule has 0 bridgehead atoms. The Morgan fingerprint density at radius 2 is 2.03 bits per heavy atom. The van der Waals surface area contributed by atoms with Gasteiger partial charge < -0.3 is 19.4 Å². The number of carbonyl (C=O) groups is 1. The van der Waals surface area contributed by atoms with Gasteiger partial charge in [0.25, 0.3) is 0 Å². The Morgan fingerprint density at radius 3 is 2.94 bits per heavy atom. The molecule has 1 amide bonds. The molecule has 164 valence electrons. The van der Waals surface area contributed by atoms with E-state index in [0.717, 1.165) is 47.6 Å². The SMILES string of the molecule is CCOc1ccccc1CNC(=O)C1CCCN(c2nc3ncccc3n3cccc23)C1. The average molecular weight is 430 g/mol. The van der Waals surface area contributed by atoms with Gasteiger partial charge in [-0.05, 0) is 50.1 Å². The maximum atomic E-state index is 13.0. The normalized spacial score (nSPS) is 16.4. The zero-order valence-electron chi connectivity index (χ0n) is 18.2. The Balaban J connectivity index is 1.34. The van der Waals surface area contributed by atoms with Crippen LogP contribution >= 0.6 is 0 Å². The van der Waals surface area contributed by atoms with E-state index in [1.54, 1.807) is 6.20 Å². The number of carbonyl (C=O) groups excluding carboxylic acids is 1. The highest BCUT2D eigenvalue weighted by Gasteiger charge is 2.28. The van der Waals surface area contributed by atoms with Gasteiger partial charge in [0.1, 0.15) is 5.75 Å². The molecule has 3 aromatic heterocycles. The number of piperidine rings is 1. The largest absolute Gasteiger partial charge is 0.494 e. The van der Waals surface area contributed by atoms with E-state index in [-0.39, 0.29) is 11.8 Å².